The van der Waals surface area contributed by atoms with Crippen LogP contribution in [0.25, 0.3) is 11.3 Å². The second-order valence-electron chi connectivity index (χ2n) is 8.09. The lowest BCUT2D eigenvalue weighted by Crippen LogP contribution is -2.39. The molecule has 2 N–H and O–H groups in total. The topological polar surface area (TPSA) is 67.2 Å². The Kier molecular flexibility index (Phi) is 5.75. The summed E-state index contributed by atoms with van der Waals surface area (Å²) in [5, 5.41) is 17.4. The number of carbonyl (C=O) groups excluding carboxylic acids is 1. The SMILES string of the molecule is CC(O)c1ccc(C2(CNC(=O)c3cc(-c4ccc(F)cc4)nn3C)CCCC2)s1. The molecule has 158 valence electrons. The van der Waals surface area contributed by atoms with Gasteiger partial charge in [-0.15, -0.1) is 11.3 Å². The zero-order valence-corrected chi connectivity index (χ0v) is 18.0. The van der Waals surface area contributed by atoms with E-state index in [-0.39, 0.29) is 17.1 Å². The van der Waals surface area contributed by atoms with Crippen LogP contribution in [0.1, 0.15) is 59.0 Å². The number of aromatic nitrogens is 2. The average molecular weight is 428 g/mol. The number of aryl methyl sites for hydroxylation is 1. The Morgan fingerprint density at radius 2 is 1.97 bits per heavy atom. The molecule has 0 bridgehead atoms. The van der Waals surface area contributed by atoms with Gasteiger partial charge in [0.15, 0.2) is 0 Å². The van der Waals surface area contributed by atoms with Gasteiger partial charge in [0, 0.05) is 34.3 Å². The van der Waals surface area contributed by atoms with Crippen LogP contribution < -0.4 is 5.32 Å². The second kappa shape index (κ2) is 8.32. The van der Waals surface area contributed by atoms with Crippen molar-refractivity contribution in [3.8, 4) is 11.3 Å². The maximum atomic E-state index is 13.2. The fourth-order valence-corrected chi connectivity index (χ4v) is 5.40. The van der Waals surface area contributed by atoms with E-state index in [1.807, 2.05) is 6.07 Å². The smallest absolute Gasteiger partial charge is 0.269 e. The van der Waals surface area contributed by atoms with Gasteiger partial charge in [-0.2, -0.15) is 5.10 Å². The Hall–Kier alpha value is -2.51. The summed E-state index contributed by atoms with van der Waals surface area (Å²) in [4.78, 5) is 15.1. The number of amides is 1. The van der Waals surface area contributed by atoms with Crippen molar-refractivity contribution in [3.63, 3.8) is 0 Å². The number of halogens is 1. The van der Waals surface area contributed by atoms with Gasteiger partial charge in [0.1, 0.15) is 11.5 Å². The van der Waals surface area contributed by atoms with Gasteiger partial charge in [-0.1, -0.05) is 12.8 Å². The zero-order valence-electron chi connectivity index (χ0n) is 17.2. The molecule has 2 aromatic heterocycles. The maximum Gasteiger partial charge on any atom is 0.269 e. The van der Waals surface area contributed by atoms with Crippen LogP contribution in [0.15, 0.2) is 42.5 Å². The van der Waals surface area contributed by atoms with Crippen molar-refractivity contribution in [1.29, 1.82) is 0 Å². The molecule has 1 aliphatic carbocycles. The molecule has 1 fully saturated rings. The summed E-state index contributed by atoms with van der Waals surface area (Å²) in [5.41, 5.74) is 1.80. The highest BCUT2D eigenvalue weighted by Crippen LogP contribution is 2.44. The monoisotopic (exact) mass is 427 g/mol. The Bertz CT molecular complexity index is 1030. The minimum absolute atomic E-state index is 0.0775. The first kappa shape index (κ1) is 20.8. The van der Waals surface area contributed by atoms with Crippen molar-refractivity contribution < 1.29 is 14.3 Å². The van der Waals surface area contributed by atoms with Crippen LogP contribution in [0, 0.1) is 5.82 Å². The highest BCUT2D eigenvalue weighted by atomic mass is 32.1. The van der Waals surface area contributed by atoms with E-state index >= 15 is 0 Å². The van der Waals surface area contributed by atoms with Gasteiger partial charge in [-0.05, 0) is 62.2 Å². The molecule has 1 aliphatic rings. The molecule has 5 nitrogen and oxygen atoms in total. The van der Waals surface area contributed by atoms with Crippen LogP contribution in [0.4, 0.5) is 4.39 Å². The van der Waals surface area contributed by atoms with Crippen LogP contribution >= 0.6 is 11.3 Å². The lowest BCUT2D eigenvalue weighted by molar-refractivity contribution is 0.0934. The van der Waals surface area contributed by atoms with E-state index in [1.165, 1.54) is 17.0 Å². The van der Waals surface area contributed by atoms with Crippen molar-refractivity contribution in [2.24, 2.45) is 7.05 Å². The summed E-state index contributed by atoms with van der Waals surface area (Å²) in [6, 6.07) is 11.9. The van der Waals surface area contributed by atoms with Crippen molar-refractivity contribution in [1.82, 2.24) is 15.1 Å². The molecule has 7 heteroatoms. The molecular formula is C23H26FN3O2S. The molecule has 2 heterocycles. The first-order valence-corrected chi connectivity index (χ1v) is 11.1. The number of benzene rings is 1. The van der Waals surface area contributed by atoms with Crippen molar-refractivity contribution in [2.75, 3.05) is 6.54 Å². The standard InChI is InChI=1S/C23H26FN3O2S/c1-15(28)20-9-10-21(30-20)23(11-3-4-12-23)14-25-22(29)19-13-18(26-27(19)2)16-5-7-17(24)8-6-16/h5-10,13,15,28H,3-4,11-12,14H2,1-2H3,(H,25,29). The molecule has 0 aliphatic heterocycles. The number of hydrogen-bond donors (Lipinski definition) is 2. The van der Waals surface area contributed by atoms with E-state index in [2.05, 4.69) is 16.5 Å². The van der Waals surface area contributed by atoms with E-state index in [0.717, 1.165) is 36.1 Å². The predicted molar refractivity (Wildman–Crippen MR) is 116 cm³/mol. The van der Waals surface area contributed by atoms with Crippen molar-refractivity contribution in [2.45, 2.75) is 44.1 Å². The lowest BCUT2D eigenvalue weighted by atomic mass is 9.84. The predicted octanol–water partition coefficient (Wildman–Crippen LogP) is 4.58. The molecule has 0 saturated heterocycles. The summed E-state index contributed by atoms with van der Waals surface area (Å²) in [7, 11) is 1.74. The Balaban J connectivity index is 1.51. The normalized spacial score (nSPS) is 16.5. The number of aliphatic hydroxyl groups is 1. The minimum atomic E-state index is -0.476. The van der Waals surface area contributed by atoms with E-state index in [1.54, 1.807) is 48.2 Å². The summed E-state index contributed by atoms with van der Waals surface area (Å²) in [5.74, 6) is -0.473. The summed E-state index contributed by atoms with van der Waals surface area (Å²) in [6.07, 6.45) is 3.85. The highest BCUT2D eigenvalue weighted by Gasteiger charge is 2.37. The fraction of sp³-hybridized carbons (Fsp3) is 0.391. The van der Waals surface area contributed by atoms with Crippen LogP contribution in [0.2, 0.25) is 0 Å². The van der Waals surface area contributed by atoms with Crippen molar-refractivity contribution in [3.05, 3.63) is 63.7 Å². The van der Waals surface area contributed by atoms with E-state index < -0.39 is 6.10 Å². The zero-order chi connectivity index (χ0) is 21.3. The van der Waals surface area contributed by atoms with Gasteiger partial charge in [0.05, 0.1) is 11.8 Å². The number of hydrogen-bond acceptors (Lipinski definition) is 4. The third-order valence-electron chi connectivity index (χ3n) is 5.96. The molecule has 1 amide bonds. The van der Waals surface area contributed by atoms with Gasteiger partial charge >= 0.3 is 0 Å². The first-order chi connectivity index (χ1) is 14.4. The Morgan fingerprint density at radius 3 is 2.60 bits per heavy atom. The van der Waals surface area contributed by atoms with Crippen LogP contribution in [-0.4, -0.2) is 27.3 Å². The van der Waals surface area contributed by atoms with Crippen LogP contribution in [0.3, 0.4) is 0 Å². The third kappa shape index (κ3) is 4.04. The number of nitrogens with one attached hydrogen (secondary N) is 1. The minimum Gasteiger partial charge on any atom is -0.388 e. The van der Waals surface area contributed by atoms with Crippen LogP contribution in [-0.2, 0) is 12.5 Å². The van der Waals surface area contributed by atoms with Crippen molar-refractivity contribution >= 4 is 17.2 Å². The maximum absolute atomic E-state index is 13.2. The van der Waals surface area contributed by atoms with E-state index in [9.17, 15) is 14.3 Å². The number of rotatable bonds is 6. The van der Waals surface area contributed by atoms with Crippen LogP contribution in [0.5, 0.6) is 0 Å². The van der Waals surface area contributed by atoms with Gasteiger partial charge < -0.3 is 10.4 Å². The van der Waals surface area contributed by atoms with Gasteiger partial charge in [-0.25, -0.2) is 4.39 Å². The van der Waals surface area contributed by atoms with E-state index in [4.69, 9.17) is 0 Å². The molecule has 30 heavy (non-hydrogen) atoms. The molecule has 1 aromatic carbocycles. The molecule has 1 saturated carbocycles. The number of thiophene rings is 1. The van der Waals surface area contributed by atoms with E-state index in [0.29, 0.717) is 17.9 Å². The average Bonchev–Trinajstić information content (AvgIpc) is 3.46. The summed E-state index contributed by atoms with van der Waals surface area (Å²) >= 11 is 1.64. The molecule has 1 atom stereocenters. The Labute approximate surface area is 179 Å². The molecule has 3 aromatic rings. The molecular weight excluding hydrogens is 401 g/mol. The molecule has 1 unspecified atom stereocenters. The Morgan fingerprint density at radius 1 is 1.27 bits per heavy atom. The van der Waals surface area contributed by atoms with Gasteiger partial charge in [-0.3, -0.25) is 9.48 Å². The number of nitrogens with zero attached hydrogens (tertiary/aromatic N) is 2. The molecule has 4 rings (SSSR count). The third-order valence-corrected chi connectivity index (χ3v) is 7.46. The fourth-order valence-electron chi connectivity index (χ4n) is 4.21. The molecule has 0 radical (unpaired) electrons. The molecule has 0 spiro atoms. The summed E-state index contributed by atoms with van der Waals surface area (Å²) in [6.45, 7) is 2.34. The number of carbonyl (C=O) groups is 1. The number of aliphatic hydroxyl groups excluding tert-OH is 1. The summed E-state index contributed by atoms with van der Waals surface area (Å²) < 4.78 is 14.7. The largest absolute Gasteiger partial charge is 0.388 e. The quantitative estimate of drug-likeness (QED) is 0.605. The lowest BCUT2D eigenvalue weighted by Gasteiger charge is -2.28. The second-order valence-corrected chi connectivity index (χ2v) is 9.21. The van der Waals surface area contributed by atoms with Gasteiger partial charge in [0.25, 0.3) is 5.91 Å². The van der Waals surface area contributed by atoms with Gasteiger partial charge in [0.2, 0.25) is 0 Å². The highest BCUT2D eigenvalue weighted by molar-refractivity contribution is 7.12. The first-order valence-electron chi connectivity index (χ1n) is 10.2.